The van der Waals surface area contributed by atoms with Crippen molar-refractivity contribution in [1.29, 1.82) is 0 Å². The van der Waals surface area contributed by atoms with E-state index in [1.807, 2.05) is 0 Å². The largest absolute Gasteiger partial charge is 0.434 e. The summed E-state index contributed by atoms with van der Waals surface area (Å²) in [4.78, 5) is 8.82. The number of halogens is 3. The van der Waals surface area contributed by atoms with Crippen LogP contribution in [0.1, 0.15) is 12.0 Å². The number of alkyl halides is 2. The molecule has 2 saturated heterocycles. The van der Waals surface area contributed by atoms with Crippen molar-refractivity contribution in [3.8, 4) is 5.75 Å². The summed E-state index contributed by atoms with van der Waals surface area (Å²) in [6.45, 7) is 3.24. The molecule has 0 bridgehead atoms. The Bertz CT molecular complexity index is 669. The molecule has 1 aromatic rings. The van der Waals surface area contributed by atoms with E-state index < -0.39 is 12.4 Å². The van der Waals surface area contributed by atoms with Gasteiger partial charge in [0.1, 0.15) is 11.6 Å². The maximum Gasteiger partial charge on any atom is 0.387 e. The summed E-state index contributed by atoms with van der Waals surface area (Å²) < 4.78 is 49.1. The van der Waals surface area contributed by atoms with Gasteiger partial charge in [0, 0.05) is 51.9 Å². The third-order valence-corrected chi connectivity index (χ3v) is 5.13. The minimum absolute atomic E-state index is 0.0199. The van der Waals surface area contributed by atoms with Gasteiger partial charge >= 0.3 is 6.61 Å². The van der Waals surface area contributed by atoms with Gasteiger partial charge in [-0.3, -0.25) is 9.89 Å². The highest BCUT2D eigenvalue weighted by Gasteiger charge is 2.27. The average Bonchev–Trinajstić information content (AvgIpc) is 3.13. The summed E-state index contributed by atoms with van der Waals surface area (Å²) >= 11 is 0. The number of hydrogen-bond acceptors (Lipinski definition) is 4. The highest BCUT2D eigenvalue weighted by atomic mass is 19.3. The summed E-state index contributed by atoms with van der Waals surface area (Å²) in [5.74, 6) is 0.413. The number of aliphatic imine (C=N–C) groups is 1. The number of nitrogens with zero attached hydrogens (tertiary/aromatic N) is 3. The number of hydrogen-bond donors (Lipinski definition) is 1. The minimum atomic E-state index is -3.00. The Morgan fingerprint density at radius 1 is 1.32 bits per heavy atom. The van der Waals surface area contributed by atoms with Crippen LogP contribution in [0.25, 0.3) is 0 Å². The molecule has 2 fully saturated rings. The lowest BCUT2D eigenvalue weighted by atomic mass is 10.1. The molecule has 3 rings (SSSR count). The van der Waals surface area contributed by atoms with Gasteiger partial charge in [0.2, 0.25) is 0 Å². The van der Waals surface area contributed by atoms with Crippen molar-refractivity contribution in [3.05, 3.63) is 29.6 Å². The second-order valence-electron chi connectivity index (χ2n) is 7.01. The fourth-order valence-electron chi connectivity index (χ4n) is 3.74. The number of ether oxygens (including phenoxy) is 2. The van der Waals surface area contributed by atoms with E-state index in [1.165, 1.54) is 18.2 Å². The zero-order valence-corrected chi connectivity index (χ0v) is 16.0. The van der Waals surface area contributed by atoms with Crippen LogP contribution in [-0.2, 0) is 11.3 Å². The molecule has 1 atom stereocenters. The van der Waals surface area contributed by atoms with E-state index in [0.717, 1.165) is 52.4 Å². The highest BCUT2D eigenvalue weighted by Crippen LogP contribution is 2.24. The van der Waals surface area contributed by atoms with E-state index in [0.29, 0.717) is 11.9 Å². The van der Waals surface area contributed by atoms with E-state index in [1.54, 1.807) is 7.05 Å². The fraction of sp³-hybridized carbons (Fsp3) is 0.632. The molecule has 156 valence electrons. The Hall–Kier alpha value is -2.00. The van der Waals surface area contributed by atoms with Crippen molar-refractivity contribution >= 4 is 5.96 Å². The molecule has 1 N–H and O–H groups in total. The number of benzene rings is 1. The van der Waals surface area contributed by atoms with E-state index in [2.05, 4.69) is 24.8 Å². The van der Waals surface area contributed by atoms with Gasteiger partial charge in [-0.25, -0.2) is 4.39 Å². The Kier molecular flexibility index (Phi) is 7.38. The fourth-order valence-corrected chi connectivity index (χ4v) is 3.74. The van der Waals surface area contributed by atoms with Gasteiger partial charge in [0.25, 0.3) is 0 Å². The summed E-state index contributed by atoms with van der Waals surface area (Å²) in [6, 6.07) is 3.91. The van der Waals surface area contributed by atoms with Crippen molar-refractivity contribution in [1.82, 2.24) is 15.1 Å². The summed E-state index contributed by atoms with van der Waals surface area (Å²) in [5, 5.41) is 3.08. The number of rotatable bonds is 6. The predicted molar refractivity (Wildman–Crippen MR) is 100 cm³/mol. The van der Waals surface area contributed by atoms with Crippen LogP contribution in [0.2, 0.25) is 0 Å². The lowest BCUT2D eigenvalue weighted by Gasteiger charge is -2.29. The first-order chi connectivity index (χ1) is 13.6. The molecule has 1 aromatic carbocycles. The first-order valence-corrected chi connectivity index (χ1v) is 9.54. The minimum Gasteiger partial charge on any atom is -0.434 e. The molecule has 0 spiro atoms. The van der Waals surface area contributed by atoms with Crippen molar-refractivity contribution < 1.29 is 22.6 Å². The lowest BCUT2D eigenvalue weighted by molar-refractivity contribution is -0.0506. The Balaban J connectivity index is 1.55. The second-order valence-corrected chi connectivity index (χ2v) is 7.01. The molecule has 9 heteroatoms. The number of likely N-dealkylation sites (tertiary alicyclic amines) is 1. The SMILES string of the molecule is CN=C(NCc1c(F)cccc1OC(F)F)N1CCC(CN2CCOCC2)C1. The molecule has 0 radical (unpaired) electrons. The predicted octanol–water partition coefficient (Wildman–Crippen LogP) is 2.16. The molecular formula is C19H27F3N4O2. The van der Waals surface area contributed by atoms with Gasteiger partial charge in [0.05, 0.1) is 13.2 Å². The second kappa shape index (κ2) is 9.97. The lowest BCUT2D eigenvalue weighted by Crippen LogP contribution is -2.42. The Morgan fingerprint density at radius 3 is 2.82 bits per heavy atom. The van der Waals surface area contributed by atoms with Crippen LogP contribution in [-0.4, -0.2) is 75.4 Å². The third-order valence-electron chi connectivity index (χ3n) is 5.13. The smallest absolute Gasteiger partial charge is 0.387 e. The number of morpholine rings is 1. The maximum atomic E-state index is 14.1. The van der Waals surface area contributed by atoms with Gasteiger partial charge in [-0.15, -0.1) is 0 Å². The molecule has 6 nitrogen and oxygen atoms in total. The first-order valence-electron chi connectivity index (χ1n) is 9.54. The van der Waals surface area contributed by atoms with Crippen molar-refractivity contribution in [2.45, 2.75) is 19.6 Å². The van der Waals surface area contributed by atoms with Gasteiger partial charge in [0.15, 0.2) is 5.96 Å². The van der Waals surface area contributed by atoms with Gasteiger partial charge in [-0.2, -0.15) is 8.78 Å². The van der Waals surface area contributed by atoms with Crippen LogP contribution in [0.15, 0.2) is 23.2 Å². The molecule has 1 unspecified atom stereocenters. The van der Waals surface area contributed by atoms with Gasteiger partial charge in [-0.05, 0) is 24.5 Å². The molecule has 0 saturated carbocycles. The molecule has 2 aliphatic rings. The van der Waals surface area contributed by atoms with Crippen LogP contribution < -0.4 is 10.1 Å². The normalized spacial score (nSPS) is 21.4. The number of nitrogens with one attached hydrogen (secondary N) is 1. The number of guanidine groups is 1. The van der Waals surface area contributed by atoms with Crippen molar-refractivity contribution in [3.63, 3.8) is 0 Å². The summed E-state index contributed by atoms with van der Waals surface area (Å²) in [7, 11) is 1.66. The molecule has 0 aromatic heterocycles. The van der Waals surface area contributed by atoms with Crippen LogP contribution in [0.3, 0.4) is 0 Å². The summed E-state index contributed by atoms with van der Waals surface area (Å²) in [5.41, 5.74) is 0.0630. The first kappa shape index (κ1) is 20.7. The van der Waals surface area contributed by atoms with E-state index in [-0.39, 0.29) is 17.9 Å². The van der Waals surface area contributed by atoms with Crippen LogP contribution in [0.5, 0.6) is 5.75 Å². The topological polar surface area (TPSA) is 49.3 Å². The molecular weight excluding hydrogens is 373 g/mol. The van der Waals surface area contributed by atoms with Crippen LogP contribution in [0, 0.1) is 11.7 Å². The average molecular weight is 400 g/mol. The molecule has 0 amide bonds. The van der Waals surface area contributed by atoms with E-state index in [9.17, 15) is 13.2 Å². The van der Waals surface area contributed by atoms with Gasteiger partial charge in [-0.1, -0.05) is 6.07 Å². The maximum absolute atomic E-state index is 14.1. The van der Waals surface area contributed by atoms with Crippen molar-refractivity contribution in [2.75, 3.05) is 53.0 Å². The van der Waals surface area contributed by atoms with Crippen molar-refractivity contribution in [2.24, 2.45) is 10.9 Å². The van der Waals surface area contributed by atoms with Gasteiger partial charge < -0.3 is 19.7 Å². The zero-order chi connectivity index (χ0) is 19.9. The van der Waals surface area contributed by atoms with E-state index in [4.69, 9.17) is 4.74 Å². The third kappa shape index (κ3) is 5.51. The molecule has 2 heterocycles. The standard InChI is InChI=1S/C19H27F3N4O2/c1-23-19(24-11-15-16(20)3-2-4-17(15)28-18(21)22)26-6-5-14(13-26)12-25-7-9-27-10-8-25/h2-4,14,18H,5-13H2,1H3,(H,23,24). The Labute approximate surface area is 163 Å². The Morgan fingerprint density at radius 2 is 2.11 bits per heavy atom. The molecule has 2 aliphatic heterocycles. The van der Waals surface area contributed by atoms with E-state index >= 15 is 0 Å². The monoisotopic (exact) mass is 400 g/mol. The zero-order valence-electron chi connectivity index (χ0n) is 16.0. The molecule has 0 aliphatic carbocycles. The highest BCUT2D eigenvalue weighted by molar-refractivity contribution is 5.80. The molecule has 28 heavy (non-hydrogen) atoms. The van der Waals surface area contributed by atoms with Crippen LogP contribution >= 0.6 is 0 Å². The van der Waals surface area contributed by atoms with Crippen LogP contribution in [0.4, 0.5) is 13.2 Å². The summed E-state index contributed by atoms with van der Waals surface area (Å²) in [6.07, 6.45) is 1.05. The quantitative estimate of drug-likeness (QED) is 0.586.